The maximum absolute atomic E-state index is 13.1. The molecule has 0 aromatic heterocycles. The molecule has 7 nitrogen and oxygen atoms in total. The molecule has 156 valence electrons. The van der Waals surface area contributed by atoms with Crippen LogP contribution >= 0.6 is 0 Å². The van der Waals surface area contributed by atoms with Crippen molar-refractivity contribution in [3.8, 4) is 0 Å². The number of nitrogens with zero attached hydrogens (tertiary/aromatic N) is 3. The molecule has 0 unspecified atom stereocenters. The Bertz CT molecular complexity index is 906. The van der Waals surface area contributed by atoms with E-state index in [0.717, 1.165) is 12.1 Å². The summed E-state index contributed by atoms with van der Waals surface area (Å²) >= 11 is 0. The van der Waals surface area contributed by atoms with Crippen molar-refractivity contribution in [1.82, 2.24) is 14.1 Å². The molecule has 9 heteroatoms. The standard InChI is InChI=1S/C20H24FN3O4S/c21-15-6-8-16(9-7-15)29(27,28)23-11-3-10-22(12-13-23)14-24-19(25)17-4-1-2-5-18(17)20(24)26/h1-2,6-9,17-18H,3-5,10-14H2/t17-,18+. The van der Waals surface area contributed by atoms with Crippen molar-refractivity contribution in [3.63, 3.8) is 0 Å². The molecule has 2 fully saturated rings. The van der Waals surface area contributed by atoms with Gasteiger partial charge in [0.1, 0.15) is 5.82 Å². The lowest BCUT2D eigenvalue weighted by molar-refractivity contribution is -0.142. The lowest BCUT2D eigenvalue weighted by atomic mass is 9.85. The number of halogens is 1. The molecule has 0 bridgehead atoms. The Balaban J connectivity index is 1.41. The van der Waals surface area contributed by atoms with Crippen molar-refractivity contribution in [1.29, 1.82) is 0 Å². The van der Waals surface area contributed by atoms with Crippen LogP contribution in [0.25, 0.3) is 0 Å². The molecular weight excluding hydrogens is 397 g/mol. The number of sulfonamides is 1. The zero-order valence-corrected chi connectivity index (χ0v) is 16.9. The maximum atomic E-state index is 13.1. The number of likely N-dealkylation sites (tertiary alicyclic amines) is 1. The van der Waals surface area contributed by atoms with Crippen molar-refractivity contribution >= 4 is 21.8 Å². The second kappa shape index (κ2) is 7.97. The molecule has 2 heterocycles. The van der Waals surface area contributed by atoms with Crippen LogP contribution < -0.4 is 0 Å². The molecule has 2 amide bonds. The van der Waals surface area contributed by atoms with Gasteiger partial charge in [-0.2, -0.15) is 4.31 Å². The van der Waals surface area contributed by atoms with Crippen molar-refractivity contribution < 1.29 is 22.4 Å². The number of amides is 2. The van der Waals surface area contributed by atoms with Gasteiger partial charge < -0.3 is 0 Å². The van der Waals surface area contributed by atoms with Gasteiger partial charge in [0.2, 0.25) is 21.8 Å². The molecule has 0 saturated carbocycles. The van der Waals surface area contributed by atoms with E-state index in [0.29, 0.717) is 38.9 Å². The van der Waals surface area contributed by atoms with Gasteiger partial charge >= 0.3 is 0 Å². The van der Waals surface area contributed by atoms with E-state index in [4.69, 9.17) is 0 Å². The average Bonchev–Trinajstić information content (AvgIpc) is 2.88. The predicted molar refractivity (Wildman–Crippen MR) is 103 cm³/mol. The van der Waals surface area contributed by atoms with Gasteiger partial charge in [-0.05, 0) is 43.5 Å². The fourth-order valence-electron chi connectivity index (χ4n) is 4.29. The number of fused-ring (bicyclic) bond motifs is 1. The van der Waals surface area contributed by atoms with Gasteiger partial charge in [0.25, 0.3) is 0 Å². The third-order valence-corrected chi connectivity index (χ3v) is 7.85. The largest absolute Gasteiger partial charge is 0.284 e. The predicted octanol–water partition coefficient (Wildman–Crippen LogP) is 1.43. The van der Waals surface area contributed by atoms with Crippen molar-refractivity contribution in [3.05, 3.63) is 42.2 Å². The maximum Gasteiger partial charge on any atom is 0.243 e. The first kappa shape index (κ1) is 20.2. The molecule has 2 aliphatic heterocycles. The first-order valence-electron chi connectivity index (χ1n) is 9.86. The van der Waals surface area contributed by atoms with Crippen LogP contribution in [0.15, 0.2) is 41.3 Å². The summed E-state index contributed by atoms with van der Waals surface area (Å²) in [5.74, 6) is -1.24. The van der Waals surface area contributed by atoms with Gasteiger partial charge in [0.05, 0.1) is 23.4 Å². The van der Waals surface area contributed by atoms with Crippen LogP contribution in [0, 0.1) is 17.7 Å². The van der Waals surface area contributed by atoms with Crippen molar-refractivity contribution in [2.75, 3.05) is 32.8 Å². The SMILES string of the molecule is O=C1[C@H]2CC=CC[C@H]2C(=O)N1CN1CCCN(S(=O)(=O)c2ccc(F)cc2)CC1. The van der Waals surface area contributed by atoms with E-state index in [9.17, 15) is 22.4 Å². The Labute approximate surface area is 169 Å². The van der Waals surface area contributed by atoms with Crippen LogP contribution in [0.4, 0.5) is 4.39 Å². The molecule has 1 aromatic rings. The Morgan fingerprint density at radius 3 is 2.14 bits per heavy atom. The summed E-state index contributed by atoms with van der Waals surface area (Å²) in [5, 5.41) is 0. The summed E-state index contributed by atoms with van der Waals surface area (Å²) in [4.78, 5) is 28.7. The van der Waals surface area contributed by atoms with Crippen LogP contribution in [0.1, 0.15) is 19.3 Å². The fraction of sp³-hybridized carbons (Fsp3) is 0.500. The number of imide groups is 1. The van der Waals surface area contributed by atoms with Gasteiger partial charge in [0, 0.05) is 26.2 Å². The van der Waals surface area contributed by atoms with Crippen molar-refractivity contribution in [2.45, 2.75) is 24.2 Å². The Kier molecular flexibility index (Phi) is 5.54. The van der Waals surface area contributed by atoms with Crippen LogP contribution in [-0.4, -0.2) is 67.2 Å². The fourth-order valence-corrected chi connectivity index (χ4v) is 5.76. The van der Waals surface area contributed by atoms with Gasteiger partial charge in [-0.1, -0.05) is 12.2 Å². The first-order chi connectivity index (χ1) is 13.9. The molecule has 1 aromatic carbocycles. The highest BCUT2D eigenvalue weighted by Crippen LogP contribution is 2.35. The van der Waals surface area contributed by atoms with E-state index in [1.165, 1.54) is 21.3 Å². The van der Waals surface area contributed by atoms with Crippen LogP contribution in [0.2, 0.25) is 0 Å². The van der Waals surface area contributed by atoms with Gasteiger partial charge in [-0.3, -0.25) is 19.4 Å². The highest BCUT2D eigenvalue weighted by atomic mass is 32.2. The summed E-state index contributed by atoms with van der Waals surface area (Å²) in [5.41, 5.74) is 0. The topological polar surface area (TPSA) is 78.0 Å². The van der Waals surface area contributed by atoms with Gasteiger partial charge in [-0.25, -0.2) is 12.8 Å². The lowest BCUT2D eigenvalue weighted by Gasteiger charge is -2.26. The van der Waals surface area contributed by atoms with E-state index < -0.39 is 15.8 Å². The molecule has 0 spiro atoms. The van der Waals surface area contributed by atoms with Crippen molar-refractivity contribution in [2.24, 2.45) is 11.8 Å². The minimum atomic E-state index is -3.71. The summed E-state index contributed by atoms with van der Waals surface area (Å²) in [6.07, 6.45) is 5.72. The summed E-state index contributed by atoms with van der Waals surface area (Å²) in [6, 6.07) is 4.81. The summed E-state index contributed by atoms with van der Waals surface area (Å²) < 4.78 is 40.2. The molecule has 29 heavy (non-hydrogen) atoms. The van der Waals surface area contributed by atoms with E-state index in [1.54, 1.807) is 0 Å². The third kappa shape index (κ3) is 3.86. The smallest absolute Gasteiger partial charge is 0.243 e. The summed E-state index contributed by atoms with van der Waals surface area (Å²) in [7, 11) is -3.71. The Hall–Kier alpha value is -2.10. The highest BCUT2D eigenvalue weighted by molar-refractivity contribution is 7.89. The number of benzene rings is 1. The number of hydrogen-bond acceptors (Lipinski definition) is 5. The Morgan fingerprint density at radius 2 is 1.52 bits per heavy atom. The van der Waals surface area contributed by atoms with E-state index in [-0.39, 0.29) is 41.8 Å². The molecule has 1 aliphatic carbocycles. The van der Waals surface area contributed by atoms with Crippen LogP contribution in [-0.2, 0) is 19.6 Å². The number of carbonyl (C=O) groups is 2. The molecule has 2 atom stereocenters. The number of carbonyl (C=O) groups excluding carboxylic acids is 2. The molecular formula is C20H24FN3O4S. The third-order valence-electron chi connectivity index (χ3n) is 5.94. The second-order valence-corrected chi connectivity index (χ2v) is 9.67. The normalized spacial score (nSPS) is 26.6. The quantitative estimate of drug-likeness (QED) is 0.543. The number of allylic oxidation sites excluding steroid dienone is 2. The van der Waals surface area contributed by atoms with Gasteiger partial charge in [-0.15, -0.1) is 0 Å². The minimum absolute atomic E-state index is 0.0637. The van der Waals surface area contributed by atoms with Crippen LogP contribution in [0.5, 0.6) is 0 Å². The zero-order valence-electron chi connectivity index (χ0n) is 16.0. The number of rotatable bonds is 4. The molecule has 4 rings (SSSR count). The molecule has 0 N–H and O–H groups in total. The minimum Gasteiger partial charge on any atom is -0.284 e. The summed E-state index contributed by atoms with van der Waals surface area (Å²) in [6.45, 7) is 1.82. The van der Waals surface area contributed by atoms with E-state index in [2.05, 4.69) is 0 Å². The highest BCUT2D eigenvalue weighted by Gasteiger charge is 2.47. The monoisotopic (exact) mass is 421 g/mol. The average molecular weight is 421 g/mol. The molecule has 0 radical (unpaired) electrons. The molecule has 2 saturated heterocycles. The zero-order chi connectivity index (χ0) is 20.6. The Morgan fingerprint density at radius 1 is 0.897 bits per heavy atom. The lowest BCUT2D eigenvalue weighted by Crippen LogP contribution is -2.43. The first-order valence-corrected chi connectivity index (χ1v) is 11.3. The van der Waals surface area contributed by atoms with E-state index >= 15 is 0 Å². The number of hydrogen-bond donors (Lipinski definition) is 0. The molecule has 3 aliphatic rings. The van der Waals surface area contributed by atoms with Crippen LogP contribution in [0.3, 0.4) is 0 Å². The van der Waals surface area contributed by atoms with Gasteiger partial charge in [0.15, 0.2) is 0 Å². The second-order valence-electron chi connectivity index (χ2n) is 7.73. The van der Waals surface area contributed by atoms with E-state index in [1.807, 2.05) is 17.1 Å².